The molecule has 1 heterocycles. The van der Waals surface area contributed by atoms with Gasteiger partial charge in [-0.1, -0.05) is 46.8 Å². The van der Waals surface area contributed by atoms with Crippen molar-refractivity contribution < 1.29 is 4.79 Å². The second-order valence-electron chi connectivity index (χ2n) is 6.59. The molecule has 0 atom stereocenters. The van der Waals surface area contributed by atoms with Crippen LogP contribution in [0.1, 0.15) is 79.5 Å². The number of carbonyl (C=O) groups excluding carboxylic acids is 1. The summed E-state index contributed by atoms with van der Waals surface area (Å²) >= 11 is 0. The molecule has 0 saturated heterocycles. The molecule has 0 spiro atoms. The van der Waals surface area contributed by atoms with E-state index in [0.29, 0.717) is 23.7 Å². The smallest absolute Gasteiger partial charge is 0.135 e. The molecule has 0 saturated carbocycles. The summed E-state index contributed by atoms with van der Waals surface area (Å²) in [4.78, 5) is 11.0. The molecule has 0 aliphatic heterocycles. The molecular weight excluding hydrogens is 250 g/mol. The molecule has 0 radical (unpaired) electrons. The lowest BCUT2D eigenvalue weighted by atomic mass is 9.99. The van der Waals surface area contributed by atoms with Gasteiger partial charge in [0.1, 0.15) is 5.78 Å². The highest BCUT2D eigenvalue weighted by Gasteiger charge is 2.08. The molecular formula is C16H31N3O. The van der Waals surface area contributed by atoms with E-state index in [9.17, 15) is 4.79 Å². The summed E-state index contributed by atoms with van der Waals surface area (Å²) < 4.78 is 1.88. The van der Waals surface area contributed by atoms with Crippen molar-refractivity contribution in [1.82, 2.24) is 15.0 Å². The van der Waals surface area contributed by atoms with Crippen LogP contribution >= 0.6 is 0 Å². The summed E-state index contributed by atoms with van der Waals surface area (Å²) in [6, 6.07) is 0.412. The van der Waals surface area contributed by atoms with Crippen molar-refractivity contribution in [1.29, 1.82) is 0 Å². The number of Topliss-reactive ketones (excluding diaryl/α,β-unsaturated/α-hetero) is 1. The van der Waals surface area contributed by atoms with Gasteiger partial charge in [-0.25, -0.2) is 4.68 Å². The summed E-state index contributed by atoms with van der Waals surface area (Å²) in [6.07, 6.45) is 2.74. The minimum Gasteiger partial charge on any atom is -0.299 e. The van der Waals surface area contributed by atoms with Crippen molar-refractivity contribution in [2.45, 2.75) is 73.8 Å². The Labute approximate surface area is 124 Å². The van der Waals surface area contributed by atoms with Crippen LogP contribution in [0.5, 0.6) is 0 Å². The Hall–Kier alpha value is -1.19. The van der Waals surface area contributed by atoms with Crippen LogP contribution in [-0.4, -0.2) is 20.8 Å². The molecule has 4 heteroatoms. The molecule has 0 aromatic carbocycles. The van der Waals surface area contributed by atoms with Gasteiger partial charge in [-0.15, -0.1) is 5.10 Å². The molecule has 1 rings (SSSR count). The number of hydrogen-bond donors (Lipinski definition) is 0. The Balaban J connectivity index is 0.000000370. The predicted molar refractivity (Wildman–Crippen MR) is 83.8 cm³/mol. The molecule has 0 N–H and O–H groups in total. The molecule has 0 unspecified atom stereocenters. The topological polar surface area (TPSA) is 47.8 Å². The highest BCUT2D eigenvalue weighted by atomic mass is 16.1. The van der Waals surface area contributed by atoms with E-state index in [4.69, 9.17) is 0 Å². The van der Waals surface area contributed by atoms with E-state index >= 15 is 0 Å². The van der Waals surface area contributed by atoms with Gasteiger partial charge in [-0.2, -0.15) is 0 Å². The fraction of sp³-hybridized carbons (Fsp3) is 0.812. The van der Waals surface area contributed by atoms with Crippen molar-refractivity contribution in [3.05, 3.63) is 11.9 Å². The lowest BCUT2D eigenvalue weighted by molar-refractivity contribution is -0.122. The van der Waals surface area contributed by atoms with E-state index < -0.39 is 0 Å². The second kappa shape index (κ2) is 8.88. The zero-order chi connectivity index (χ0) is 15.9. The van der Waals surface area contributed by atoms with Gasteiger partial charge >= 0.3 is 0 Å². The normalized spacial score (nSPS) is 11.2. The van der Waals surface area contributed by atoms with Gasteiger partial charge in [0.25, 0.3) is 0 Å². The van der Waals surface area contributed by atoms with Crippen LogP contribution in [-0.2, 0) is 4.79 Å². The monoisotopic (exact) mass is 281 g/mol. The maximum Gasteiger partial charge on any atom is 0.135 e. The SMILES string of the molecule is CC(C)CC(=O)C(C)C.CC(C)c1cn(C(C)C)nn1. The minimum absolute atomic E-state index is 0.215. The zero-order valence-corrected chi connectivity index (χ0v) is 14.3. The van der Waals surface area contributed by atoms with Crippen LogP contribution in [0.25, 0.3) is 0 Å². The number of ketones is 1. The lowest BCUT2D eigenvalue weighted by Gasteiger charge is -2.05. The van der Waals surface area contributed by atoms with E-state index in [2.05, 4.69) is 51.9 Å². The third kappa shape index (κ3) is 7.41. The van der Waals surface area contributed by atoms with Gasteiger partial charge < -0.3 is 0 Å². The van der Waals surface area contributed by atoms with Crippen molar-refractivity contribution in [3.63, 3.8) is 0 Å². The van der Waals surface area contributed by atoms with E-state index in [1.807, 2.05) is 24.7 Å². The fourth-order valence-electron chi connectivity index (χ4n) is 1.45. The molecule has 0 bridgehead atoms. The molecule has 1 aromatic heterocycles. The van der Waals surface area contributed by atoms with Crippen LogP contribution in [0.3, 0.4) is 0 Å². The minimum atomic E-state index is 0.215. The number of nitrogens with zero attached hydrogens (tertiary/aromatic N) is 3. The molecule has 0 fully saturated rings. The fourth-order valence-corrected chi connectivity index (χ4v) is 1.45. The third-order valence-corrected chi connectivity index (χ3v) is 2.90. The molecule has 4 nitrogen and oxygen atoms in total. The van der Waals surface area contributed by atoms with E-state index in [1.54, 1.807) is 0 Å². The van der Waals surface area contributed by atoms with E-state index in [0.717, 1.165) is 12.1 Å². The van der Waals surface area contributed by atoms with Crippen LogP contribution in [0.15, 0.2) is 6.20 Å². The molecule has 116 valence electrons. The Morgan fingerprint density at radius 2 is 1.65 bits per heavy atom. The van der Waals surface area contributed by atoms with Crippen LogP contribution in [0.2, 0.25) is 0 Å². The molecule has 0 amide bonds. The Kier molecular flexibility index (Phi) is 8.35. The van der Waals surface area contributed by atoms with E-state index in [1.165, 1.54) is 0 Å². The summed E-state index contributed by atoms with van der Waals surface area (Å²) in [5, 5.41) is 8.05. The average Bonchev–Trinajstić information content (AvgIpc) is 2.78. The number of aromatic nitrogens is 3. The molecule has 1 aromatic rings. The summed E-state index contributed by atoms with van der Waals surface area (Å²) in [7, 11) is 0. The summed E-state index contributed by atoms with van der Waals surface area (Å²) in [5.41, 5.74) is 1.07. The van der Waals surface area contributed by atoms with Crippen molar-refractivity contribution in [3.8, 4) is 0 Å². The largest absolute Gasteiger partial charge is 0.299 e. The van der Waals surface area contributed by atoms with E-state index in [-0.39, 0.29) is 5.92 Å². The molecule has 0 aliphatic carbocycles. The number of carbonyl (C=O) groups is 1. The van der Waals surface area contributed by atoms with Gasteiger partial charge in [0.2, 0.25) is 0 Å². The number of hydrogen-bond acceptors (Lipinski definition) is 3. The zero-order valence-electron chi connectivity index (χ0n) is 14.3. The lowest BCUT2D eigenvalue weighted by Crippen LogP contribution is -2.09. The van der Waals surface area contributed by atoms with Crippen LogP contribution in [0.4, 0.5) is 0 Å². The van der Waals surface area contributed by atoms with Gasteiger partial charge in [-0.05, 0) is 25.7 Å². The predicted octanol–water partition coefficient (Wildman–Crippen LogP) is 4.24. The first-order valence-corrected chi connectivity index (χ1v) is 7.59. The van der Waals surface area contributed by atoms with Gasteiger partial charge in [-0.3, -0.25) is 4.79 Å². The Morgan fingerprint density at radius 1 is 1.10 bits per heavy atom. The summed E-state index contributed by atoms with van der Waals surface area (Å²) in [5.74, 6) is 1.58. The standard InChI is InChI=1S/C8H15N3.C8H16O/c1-6(2)8-5-11(7(3)4)10-9-8;1-6(2)5-8(9)7(3)4/h5-7H,1-4H3;6-7H,5H2,1-4H3. The first kappa shape index (κ1) is 18.8. The number of rotatable bonds is 5. The van der Waals surface area contributed by atoms with Gasteiger partial charge in [0, 0.05) is 24.6 Å². The van der Waals surface area contributed by atoms with Crippen molar-refractivity contribution in [2.24, 2.45) is 11.8 Å². The van der Waals surface area contributed by atoms with Gasteiger partial charge in [0.05, 0.1) is 5.69 Å². The van der Waals surface area contributed by atoms with Crippen molar-refractivity contribution in [2.75, 3.05) is 0 Å². The molecule has 20 heavy (non-hydrogen) atoms. The van der Waals surface area contributed by atoms with Gasteiger partial charge in [0.15, 0.2) is 0 Å². The van der Waals surface area contributed by atoms with Crippen LogP contribution in [0, 0.1) is 11.8 Å². The first-order chi connectivity index (χ1) is 9.15. The Morgan fingerprint density at radius 3 is 1.85 bits per heavy atom. The third-order valence-electron chi connectivity index (χ3n) is 2.90. The highest BCUT2D eigenvalue weighted by molar-refractivity contribution is 5.80. The molecule has 0 aliphatic rings. The quantitative estimate of drug-likeness (QED) is 0.811. The van der Waals surface area contributed by atoms with Crippen molar-refractivity contribution >= 4 is 5.78 Å². The summed E-state index contributed by atoms with van der Waals surface area (Å²) in [6.45, 7) is 16.5. The highest BCUT2D eigenvalue weighted by Crippen LogP contribution is 2.11. The van der Waals surface area contributed by atoms with Crippen LogP contribution < -0.4 is 0 Å². The first-order valence-electron chi connectivity index (χ1n) is 7.59. The second-order valence-corrected chi connectivity index (χ2v) is 6.59. The maximum atomic E-state index is 11.0. The average molecular weight is 281 g/mol. The maximum absolute atomic E-state index is 11.0. The Bertz CT molecular complexity index is 370.